The normalized spacial score (nSPS) is 11.5. The largest absolute Gasteiger partial charge is 0.457 e. The molecule has 3 aromatic carbocycles. The molecular weight excluding hydrogens is 374 g/mol. The summed E-state index contributed by atoms with van der Waals surface area (Å²) in [6, 6.07) is 23.8. The Morgan fingerprint density at radius 2 is 1.70 bits per heavy atom. The monoisotopic (exact) mass is 391 g/mol. The standard InChI is InChI=1S/C24H17N5O/c1-29-21-9-5-4-8-20(21)26-24(29)23-17-14-15(10-11-19(17)27-28-23)30-22-12-13-25-18-7-3-2-6-16(18)22/h2-14H,1H3,(H,27,28). The fourth-order valence-corrected chi connectivity index (χ4v) is 3.87. The molecule has 0 saturated carbocycles. The first-order valence-corrected chi connectivity index (χ1v) is 9.69. The van der Waals surface area contributed by atoms with E-state index in [-0.39, 0.29) is 0 Å². The lowest BCUT2D eigenvalue weighted by Gasteiger charge is -2.09. The van der Waals surface area contributed by atoms with Gasteiger partial charge in [-0.1, -0.05) is 24.3 Å². The van der Waals surface area contributed by atoms with Gasteiger partial charge < -0.3 is 9.30 Å². The van der Waals surface area contributed by atoms with Gasteiger partial charge in [0.25, 0.3) is 0 Å². The molecule has 30 heavy (non-hydrogen) atoms. The molecule has 0 atom stereocenters. The lowest BCUT2D eigenvalue weighted by atomic mass is 10.2. The molecule has 6 rings (SSSR count). The number of fused-ring (bicyclic) bond motifs is 3. The van der Waals surface area contributed by atoms with Gasteiger partial charge in [0.2, 0.25) is 0 Å². The van der Waals surface area contributed by atoms with Gasteiger partial charge in [-0.25, -0.2) is 4.98 Å². The quantitative estimate of drug-likeness (QED) is 0.435. The number of pyridine rings is 1. The van der Waals surface area contributed by atoms with Crippen molar-refractivity contribution in [2.75, 3.05) is 0 Å². The van der Waals surface area contributed by atoms with Crippen molar-refractivity contribution < 1.29 is 4.74 Å². The third-order valence-corrected chi connectivity index (χ3v) is 5.37. The van der Waals surface area contributed by atoms with E-state index in [0.29, 0.717) is 0 Å². The van der Waals surface area contributed by atoms with Crippen molar-refractivity contribution in [2.45, 2.75) is 0 Å². The topological polar surface area (TPSA) is 68.6 Å². The SMILES string of the molecule is Cn1c(-c2n[nH]c3ccc(Oc4ccnc5ccccc45)cc23)nc2ccccc21. The second kappa shape index (κ2) is 6.42. The van der Waals surface area contributed by atoms with E-state index in [1.807, 2.05) is 73.8 Å². The van der Waals surface area contributed by atoms with Crippen molar-refractivity contribution in [3.63, 3.8) is 0 Å². The summed E-state index contributed by atoms with van der Waals surface area (Å²) in [5.74, 6) is 2.32. The van der Waals surface area contributed by atoms with Crippen molar-refractivity contribution in [3.05, 3.63) is 79.0 Å². The molecule has 0 aliphatic heterocycles. The molecule has 1 N–H and O–H groups in total. The van der Waals surface area contributed by atoms with Gasteiger partial charge in [0.1, 0.15) is 17.2 Å². The minimum atomic E-state index is 0.736. The molecule has 0 radical (unpaired) electrons. The van der Waals surface area contributed by atoms with Crippen LogP contribution in [-0.4, -0.2) is 24.7 Å². The minimum absolute atomic E-state index is 0.736. The maximum atomic E-state index is 6.24. The van der Waals surface area contributed by atoms with Crippen LogP contribution >= 0.6 is 0 Å². The van der Waals surface area contributed by atoms with E-state index in [2.05, 4.69) is 25.8 Å². The van der Waals surface area contributed by atoms with Crippen molar-refractivity contribution in [1.82, 2.24) is 24.7 Å². The molecule has 6 nitrogen and oxygen atoms in total. The number of nitrogens with zero attached hydrogens (tertiary/aromatic N) is 4. The summed E-state index contributed by atoms with van der Waals surface area (Å²) in [6.45, 7) is 0. The van der Waals surface area contributed by atoms with Gasteiger partial charge in [0.05, 0.1) is 22.1 Å². The Morgan fingerprint density at radius 3 is 2.60 bits per heavy atom. The second-order valence-corrected chi connectivity index (χ2v) is 7.19. The van der Waals surface area contributed by atoms with Crippen LogP contribution in [0.15, 0.2) is 79.0 Å². The molecule has 3 aromatic heterocycles. The number of aromatic amines is 1. The van der Waals surface area contributed by atoms with Crippen LogP contribution in [0, 0.1) is 0 Å². The average Bonchev–Trinajstić information content (AvgIpc) is 3.35. The van der Waals surface area contributed by atoms with Crippen LogP contribution in [0.5, 0.6) is 11.5 Å². The summed E-state index contributed by atoms with van der Waals surface area (Å²) in [5.41, 5.74) is 4.65. The molecular formula is C24H17N5O. The molecule has 0 aliphatic rings. The Hall–Kier alpha value is -4.19. The fraction of sp³-hybridized carbons (Fsp3) is 0.0417. The number of rotatable bonds is 3. The summed E-state index contributed by atoms with van der Waals surface area (Å²) in [4.78, 5) is 9.19. The van der Waals surface area contributed by atoms with Gasteiger partial charge in [-0.15, -0.1) is 0 Å². The number of hydrogen-bond acceptors (Lipinski definition) is 4. The first kappa shape index (κ1) is 16.7. The average molecular weight is 391 g/mol. The van der Waals surface area contributed by atoms with Crippen LogP contribution in [0.4, 0.5) is 0 Å². The highest BCUT2D eigenvalue weighted by Gasteiger charge is 2.16. The Bertz CT molecular complexity index is 1540. The molecule has 6 heteroatoms. The number of imidazole rings is 1. The third kappa shape index (κ3) is 2.54. The van der Waals surface area contributed by atoms with Crippen molar-refractivity contribution >= 4 is 32.8 Å². The van der Waals surface area contributed by atoms with Crippen molar-refractivity contribution in [1.29, 1.82) is 0 Å². The molecule has 0 saturated heterocycles. The van der Waals surface area contributed by atoms with Gasteiger partial charge in [0.15, 0.2) is 5.82 Å². The van der Waals surface area contributed by atoms with E-state index in [9.17, 15) is 0 Å². The van der Waals surface area contributed by atoms with Gasteiger partial charge in [-0.3, -0.25) is 10.1 Å². The summed E-state index contributed by atoms with van der Waals surface area (Å²) < 4.78 is 8.30. The summed E-state index contributed by atoms with van der Waals surface area (Å²) in [6.07, 6.45) is 1.76. The van der Waals surface area contributed by atoms with Gasteiger partial charge >= 0.3 is 0 Å². The number of aryl methyl sites for hydroxylation is 1. The molecule has 0 fully saturated rings. The predicted molar refractivity (Wildman–Crippen MR) is 118 cm³/mol. The molecule has 0 unspecified atom stereocenters. The number of hydrogen-bond donors (Lipinski definition) is 1. The first-order valence-electron chi connectivity index (χ1n) is 9.69. The van der Waals surface area contributed by atoms with Crippen LogP contribution in [-0.2, 0) is 7.05 Å². The minimum Gasteiger partial charge on any atom is -0.457 e. The van der Waals surface area contributed by atoms with E-state index in [0.717, 1.165) is 55.9 Å². The van der Waals surface area contributed by atoms with E-state index >= 15 is 0 Å². The molecule has 0 aliphatic carbocycles. The highest BCUT2D eigenvalue weighted by atomic mass is 16.5. The van der Waals surface area contributed by atoms with Crippen LogP contribution in [0.1, 0.15) is 0 Å². The Labute approximate surface area is 171 Å². The second-order valence-electron chi connectivity index (χ2n) is 7.19. The van der Waals surface area contributed by atoms with Crippen LogP contribution in [0.25, 0.3) is 44.4 Å². The molecule has 0 amide bonds. The zero-order valence-corrected chi connectivity index (χ0v) is 16.2. The molecule has 0 spiro atoms. The highest BCUT2D eigenvalue weighted by Crippen LogP contribution is 2.33. The third-order valence-electron chi connectivity index (χ3n) is 5.37. The molecule has 144 valence electrons. The highest BCUT2D eigenvalue weighted by molar-refractivity contribution is 5.94. The Balaban J connectivity index is 1.47. The number of H-pyrrole nitrogens is 1. The van der Waals surface area contributed by atoms with E-state index in [4.69, 9.17) is 9.72 Å². The van der Waals surface area contributed by atoms with Crippen LogP contribution < -0.4 is 4.74 Å². The molecule has 6 aromatic rings. The molecule has 0 bridgehead atoms. The van der Waals surface area contributed by atoms with Crippen molar-refractivity contribution in [3.8, 4) is 23.0 Å². The maximum Gasteiger partial charge on any atom is 0.162 e. The number of benzene rings is 3. The van der Waals surface area contributed by atoms with Crippen LogP contribution in [0.2, 0.25) is 0 Å². The maximum absolute atomic E-state index is 6.24. The predicted octanol–water partition coefficient (Wildman–Crippen LogP) is 5.46. The molecule has 3 heterocycles. The summed E-state index contributed by atoms with van der Waals surface area (Å²) >= 11 is 0. The fourth-order valence-electron chi connectivity index (χ4n) is 3.87. The van der Waals surface area contributed by atoms with Gasteiger partial charge in [0, 0.05) is 24.0 Å². The summed E-state index contributed by atoms with van der Waals surface area (Å²) in [5, 5.41) is 9.59. The van der Waals surface area contributed by atoms with E-state index < -0.39 is 0 Å². The van der Waals surface area contributed by atoms with Crippen LogP contribution in [0.3, 0.4) is 0 Å². The smallest absolute Gasteiger partial charge is 0.162 e. The van der Waals surface area contributed by atoms with E-state index in [1.165, 1.54) is 0 Å². The number of para-hydroxylation sites is 3. The Morgan fingerprint density at radius 1 is 0.867 bits per heavy atom. The number of aromatic nitrogens is 5. The zero-order valence-electron chi connectivity index (χ0n) is 16.2. The zero-order chi connectivity index (χ0) is 20.1. The lowest BCUT2D eigenvalue weighted by Crippen LogP contribution is -1.93. The lowest BCUT2D eigenvalue weighted by molar-refractivity contribution is 0.488. The van der Waals surface area contributed by atoms with Crippen molar-refractivity contribution in [2.24, 2.45) is 7.05 Å². The Kier molecular flexibility index (Phi) is 3.58. The summed E-state index contributed by atoms with van der Waals surface area (Å²) in [7, 11) is 2.01. The first-order chi connectivity index (χ1) is 14.8. The number of nitrogens with one attached hydrogen (secondary N) is 1. The number of ether oxygens (including phenoxy) is 1. The van der Waals surface area contributed by atoms with Gasteiger partial charge in [-0.2, -0.15) is 5.10 Å². The van der Waals surface area contributed by atoms with Gasteiger partial charge in [-0.05, 0) is 48.5 Å². The van der Waals surface area contributed by atoms with E-state index in [1.54, 1.807) is 6.20 Å².